The van der Waals surface area contributed by atoms with Gasteiger partial charge in [0.05, 0.1) is 23.2 Å². The highest BCUT2D eigenvalue weighted by atomic mass is 35.5. The maximum Gasteiger partial charge on any atom is 0.264 e. The molecule has 1 fully saturated rings. The topological polar surface area (TPSA) is 54.5 Å². The van der Waals surface area contributed by atoms with Gasteiger partial charge in [-0.25, -0.2) is 0 Å². The number of fused-ring (bicyclic) bond motifs is 2. The molecule has 28 heavy (non-hydrogen) atoms. The molecular weight excluding hydrogens is 417 g/mol. The highest BCUT2D eigenvalue weighted by molar-refractivity contribution is 7.14. The summed E-state index contributed by atoms with van der Waals surface area (Å²) >= 11 is 1.63. The molecule has 2 aromatic rings. The molecule has 2 aliphatic rings. The van der Waals surface area contributed by atoms with Crippen LogP contribution in [-0.4, -0.2) is 42.5 Å². The Morgan fingerprint density at radius 2 is 2.07 bits per heavy atom. The molecule has 1 spiro atoms. The summed E-state index contributed by atoms with van der Waals surface area (Å²) in [6.45, 7) is 4.71. The van der Waals surface area contributed by atoms with E-state index in [0.717, 1.165) is 49.5 Å². The van der Waals surface area contributed by atoms with Crippen LogP contribution >= 0.6 is 36.2 Å². The average molecular weight is 444 g/mol. The number of hydrogen-bond donors (Lipinski definition) is 1. The van der Waals surface area contributed by atoms with E-state index in [-0.39, 0.29) is 42.4 Å². The quantitative estimate of drug-likeness (QED) is 0.779. The van der Waals surface area contributed by atoms with Crippen LogP contribution in [0, 0.1) is 0 Å². The fourth-order valence-electron chi connectivity index (χ4n) is 3.90. The molecule has 0 aliphatic carbocycles. The summed E-state index contributed by atoms with van der Waals surface area (Å²) < 4.78 is 6.24. The van der Waals surface area contributed by atoms with E-state index >= 15 is 0 Å². The first-order valence-corrected chi connectivity index (χ1v) is 10.1. The minimum atomic E-state index is -0.187. The van der Waals surface area contributed by atoms with Crippen molar-refractivity contribution in [2.24, 2.45) is 0 Å². The minimum absolute atomic E-state index is 0. The number of hydrogen-bond acceptors (Lipinski definition) is 5. The lowest BCUT2D eigenvalue weighted by atomic mass is 9.86. The number of carbonyl (C=O) groups is 1. The minimum Gasteiger partial charge on any atom is -0.369 e. The van der Waals surface area contributed by atoms with Crippen molar-refractivity contribution >= 4 is 42.1 Å². The predicted octanol–water partition coefficient (Wildman–Crippen LogP) is 3.97. The Morgan fingerprint density at radius 1 is 1.32 bits per heavy atom. The first kappa shape index (κ1) is 23.1. The van der Waals surface area contributed by atoms with Crippen LogP contribution in [0.25, 0.3) is 0 Å². The Hall–Kier alpha value is -1.18. The Bertz CT molecular complexity index is 794. The zero-order valence-corrected chi connectivity index (χ0v) is 18.6. The summed E-state index contributed by atoms with van der Waals surface area (Å²) in [6, 6.07) is 7.84. The highest BCUT2D eigenvalue weighted by Gasteiger charge is 2.41. The van der Waals surface area contributed by atoms with E-state index in [1.165, 1.54) is 10.4 Å². The molecule has 4 rings (SSSR count). The van der Waals surface area contributed by atoms with Crippen LogP contribution in [0.1, 0.15) is 51.6 Å². The number of ether oxygens (including phenoxy) is 1. The second kappa shape index (κ2) is 9.55. The molecule has 5 nitrogen and oxygen atoms in total. The number of halogens is 2. The Labute approximate surface area is 182 Å². The fourth-order valence-corrected chi connectivity index (χ4v) is 5.29. The third-order valence-electron chi connectivity index (χ3n) is 5.61. The van der Waals surface area contributed by atoms with E-state index in [4.69, 9.17) is 4.74 Å². The van der Waals surface area contributed by atoms with Crippen molar-refractivity contribution in [1.82, 2.24) is 15.2 Å². The number of thiophene rings is 1. The number of carbonyl (C=O) groups excluding carboxylic acids is 1. The number of piperidine rings is 1. The Balaban J connectivity index is 0.00000140. The molecule has 0 saturated carbocycles. The normalized spacial score (nSPS) is 18.4. The van der Waals surface area contributed by atoms with Crippen molar-refractivity contribution in [1.29, 1.82) is 0 Å². The molecule has 1 N–H and O–H groups in total. The summed E-state index contributed by atoms with van der Waals surface area (Å²) in [5.41, 5.74) is 2.01. The van der Waals surface area contributed by atoms with Crippen molar-refractivity contribution in [2.75, 3.05) is 26.7 Å². The number of nitrogens with zero attached hydrogens (tertiary/aromatic N) is 2. The van der Waals surface area contributed by atoms with Gasteiger partial charge in [0, 0.05) is 18.1 Å². The van der Waals surface area contributed by atoms with Gasteiger partial charge >= 0.3 is 0 Å². The molecule has 1 saturated heterocycles. The third kappa shape index (κ3) is 4.21. The largest absolute Gasteiger partial charge is 0.369 e. The molecule has 2 aromatic heterocycles. The van der Waals surface area contributed by atoms with E-state index in [9.17, 15) is 4.79 Å². The van der Waals surface area contributed by atoms with Crippen LogP contribution in [0.15, 0.2) is 30.5 Å². The summed E-state index contributed by atoms with van der Waals surface area (Å²) in [5, 5.41) is 3.41. The number of pyridine rings is 1. The summed E-state index contributed by atoms with van der Waals surface area (Å²) in [6.07, 6.45) is 4.63. The lowest BCUT2D eigenvalue weighted by Crippen LogP contribution is -2.43. The summed E-state index contributed by atoms with van der Waals surface area (Å²) in [7, 11) is 1.86. The molecule has 0 aromatic carbocycles. The monoisotopic (exact) mass is 443 g/mol. The van der Waals surface area contributed by atoms with Crippen molar-refractivity contribution in [3.8, 4) is 0 Å². The number of aromatic nitrogens is 1. The zero-order valence-electron chi connectivity index (χ0n) is 16.1. The molecule has 154 valence electrons. The van der Waals surface area contributed by atoms with E-state index in [1.54, 1.807) is 22.4 Å². The van der Waals surface area contributed by atoms with E-state index in [2.05, 4.69) is 16.4 Å². The Kier molecular flexibility index (Phi) is 7.88. The lowest BCUT2D eigenvalue weighted by Gasteiger charge is -2.40. The maximum atomic E-state index is 13.1. The molecule has 0 radical (unpaired) electrons. The fraction of sp³-hybridized carbons (Fsp3) is 0.500. The van der Waals surface area contributed by atoms with Crippen molar-refractivity contribution in [2.45, 2.75) is 37.8 Å². The van der Waals surface area contributed by atoms with Crippen LogP contribution in [0.3, 0.4) is 0 Å². The lowest BCUT2D eigenvalue weighted by molar-refractivity contribution is -0.0771. The maximum absolute atomic E-state index is 13.1. The van der Waals surface area contributed by atoms with Crippen LogP contribution in [0.4, 0.5) is 0 Å². The molecule has 0 bridgehead atoms. The molecule has 2 aliphatic heterocycles. The Morgan fingerprint density at radius 3 is 2.75 bits per heavy atom. The molecule has 8 heteroatoms. The van der Waals surface area contributed by atoms with Gasteiger partial charge in [-0.3, -0.25) is 9.78 Å². The summed E-state index contributed by atoms with van der Waals surface area (Å²) in [5.74, 6) is 0.0617. The van der Waals surface area contributed by atoms with Crippen LogP contribution < -0.4 is 5.32 Å². The first-order valence-electron chi connectivity index (χ1n) is 9.27. The van der Waals surface area contributed by atoms with Gasteiger partial charge in [0.2, 0.25) is 0 Å². The molecular formula is C20H27Cl2N3O2S. The van der Waals surface area contributed by atoms with Gasteiger partial charge < -0.3 is 15.0 Å². The smallest absolute Gasteiger partial charge is 0.264 e. The molecule has 1 amide bonds. The van der Waals surface area contributed by atoms with E-state index in [1.807, 2.05) is 32.2 Å². The van der Waals surface area contributed by atoms with Crippen LogP contribution in [0.2, 0.25) is 0 Å². The molecule has 1 atom stereocenters. The second-order valence-electron chi connectivity index (χ2n) is 7.15. The molecule has 1 unspecified atom stereocenters. The van der Waals surface area contributed by atoms with Gasteiger partial charge in [0.15, 0.2) is 0 Å². The van der Waals surface area contributed by atoms with Gasteiger partial charge in [-0.1, -0.05) is 6.07 Å². The second-order valence-corrected chi connectivity index (χ2v) is 8.21. The third-order valence-corrected chi connectivity index (χ3v) is 6.96. The van der Waals surface area contributed by atoms with Crippen molar-refractivity contribution < 1.29 is 9.53 Å². The van der Waals surface area contributed by atoms with Gasteiger partial charge in [-0.05, 0) is 63.0 Å². The van der Waals surface area contributed by atoms with Crippen LogP contribution in [-0.2, 0) is 16.8 Å². The van der Waals surface area contributed by atoms with Gasteiger partial charge in [0.25, 0.3) is 5.91 Å². The van der Waals surface area contributed by atoms with E-state index in [0.29, 0.717) is 0 Å². The van der Waals surface area contributed by atoms with Crippen LogP contribution in [0.5, 0.6) is 0 Å². The van der Waals surface area contributed by atoms with Gasteiger partial charge in [-0.15, -0.1) is 36.2 Å². The molecule has 4 heterocycles. The number of nitrogens with one attached hydrogen (secondary N) is 1. The standard InChI is InChI=1S/C20H25N3O2S.2ClH/c1-14(16-5-3-4-9-22-16)23(2)19(24)17-13-15-6-12-25-20(18(15)26-17)7-10-21-11-8-20;;/h3-5,9,13-14,21H,6-8,10-12H2,1-2H3;2*1H. The number of amides is 1. The van der Waals surface area contributed by atoms with Crippen molar-refractivity contribution in [3.05, 3.63) is 51.5 Å². The zero-order chi connectivity index (χ0) is 18.1. The van der Waals surface area contributed by atoms with Gasteiger partial charge in [0.1, 0.15) is 5.60 Å². The summed E-state index contributed by atoms with van der Waals surface area (Å²) in [4.78, 5) is 21.4. The number of rotatable bonds is 3. The van der Waals surface area contributed by atoms with Crippen molar-refractivity contribution in [3.63, 3.8) is 0 Å². The average Bonchev–Trinajstić information content (AvgIpc) is 3.14. The highest BCUT2D eigenvalue weighted by Crippen LogP contribution is 2.44. The van der Waals surface area contributed by atoms with Gasteiger partial charge in [-0.2, -0.15) is 0 Å². The van der Waals surface area contributed by atoms with E-state index < -0.39 is 0 Å². The SMILES string of the molecule is CC(c1ccccn1)N(C)C(=O)c1cc2c(s1)C1(CCNCC1)OCC2.Cl.Cl. The predicted molar refractivity (Wildman–Crippen MR) is 117 cm³/mol. The first-order chi connectivity index (χ1) is 12.6.